The number of carbonyl (C=O) groups is 2. The summed E-state index contributed by atoms with van der Waals surface area (Å²) in [6.45, 7) is 4.33. The third-order valence-corrected chi connectivity index (χ3v) is 3.88. The van der Waals surface area contributed by atoms with Crippen molar-refractivity contribution in [2.75, 3.05) is 13.1 Å². The second-order valence-corrected chi connectivity index (χ2v) is 5.07. The monoisotopic (exact) mass is 255 g/mol. The molecule has 1 aliphatic rings. The van der Waals surface area contributed by atoms with Crippen LogP contribution in [0.5, 0.6) is 0 Å². The summed E-state index contributed by atoms with van der Waals surface area (Å²) in [5, 5.41) is 12.8. The molecule has 2 heterocycles. The predicted octanol–water partition coefficient (Wildman–Crippen LogP) is 0.639. The molecule has 1 amide bonds. The van der Waals surface area contributed by atoms with Crippen molar-refractivity contribution < 1.29 is 14.7 Å². The Morgan fingerprint density at radius 2 is 2.18 bits per heavy atom. The zero-order chi connectivity index (χ0) is 12.6. The SMILES string of the molecule is Cc1nnsc1C(=O)N1CC(C)C(C(=O)O)C1. The lowest BCUT2D eigenvalue weighted by atomic mass is 9.99. The fraction of sp³-hybridized carbons (Fsp3) is 0.600. The summed E-state index contributed by atoms with van der Waals surface area (Å²) in [6, 6.07) is 0. The summed E-state index contributed by atoms with van der Waals surface area (Å²) in [6.07, 6.45) is 0. The van der Waals surface area contributed by atoms with Crippen LogP contribution in [0.4, 0.5) is 0 Å². The van der Waals surface area contributed by atoms with Crippen LogP contribution in [0.1, 0.15) is 22.3 Å². The highest BCUT2D eigenvalue weighted by Gasteiger charge is 2.38. The number of rotatable bonds is 2. The average molecular weight is 255 g/mol. The van der Waals surface area contributed by atoms with Crippen LogP contribution in [0, 0.1) is 18.8 Å². The Morgan fingerprint density at radius 3 is 2.65 bits per heavy atom. The Labute approximate surface area is 102 Å². The average Bonchev–Trinajstić information content (AvgIpc) is 2.83. The highest BCUT2D eigenvalue weighted by atomic mass is 32.1. The van der Waals surface area contributed by atoms with Gasteiger partial charge in [-0.2, -0.15) is 0 Å². The van der Waals surface area contributed by atoms with Crippen LogP contribution in [0.25, 0.3) is 0 Å². The number of hydrogen-bond acceptors (Lipinski definition) is 5. The number of aryl methyl sites for hydroxylation is 1. The number of nitrogens with zero attached hydrogens (tertiary/aromatic N) is 3. The number of amides is 1. The summed E-state index contributed by atoms with van der Waals surface area (Å²) in [5.41, 5.74) is 0.603. The largest absolute Gasteiger partial charge is 0.481 e. The van der Waals surface area contributed by atoms with Crippen molar-refractivity contribution in [1.82, 2.24) is 14.5 Å². The molecule has 0 spiro atoms. The maximum Gasteiger partial charge on any atom is 0.308 e. The predicted molar refractivity (Wildman–Crippen MR) is 60.8 cm³/mol. The fourth-order valence-electron chi connectivity index (χ4n) is 2.03. The first-order valence-corrected chi connectivity index (χ1v) is 6.09. The quantitative estimate of drug-likeness (QED) is 0.838. The summed E-state index contributed by atoms with van der Waals surface area (Å²) in [4.78, 5) is 25.2. The van der Waals surface area contributed by atoms with Gasteiger partial charge in [-0.15, -0.1) is 5.10 Å². The minimum absolute atomic E-state index is 0.0161. The van der Waals surface area contributed by atoms with E-state index in [0.717, 1.165) is 11.5 Å². The van der Waals surface area contributed by atoms with E-state index < -0.39 is 11.9 Å². The highest BCUT2D eigenvalue weighted by molar-refractivity contribution is 7.07. The molecule has 1 fully saturated rings. The number of hydrogen-bond donors (Lipinski definition) is 1. The second kappa shape index (κ2) is 4.40. The van der Waals surface area contributed by atoms with Crippen LogP contribution in [0.15, 0.2) is 0 Å². The van der Waals surface area contributed by atoms with Gasteiger partial charge in [0.15, 0.2) is 0 Å². The van der Waals surface area contributed by atoms with E-state index in [1.165, 1.54) is 0 Å². The van der Waals surface area contributed by atoms with Crippen LogP contribution in [-0.2, 0) is 4.79 Å². The van der Waals surface area contributed by atoms with Crippen molar-refractivity contribution in [2.45, 2.75) is 13.8 Å². The van der Waals surface area contributed by atoms with Gasteiger partial charge in [-0.1, -0.05) is 11.4 Å². The van der Waals surface area contributed by atoms with Gasteiger partial charge < -0.3 is 10.0 Å². The van der Waals surface area contributed by atoms with E-state index in [2.05, 4.69) is 9.59 Å². The zero-order valence-corrected chi connectivity index (χ0v) is 10.4. The first-order chi connectivity index (χ1) is 8.00. The van der Waals surface area contributed by atoms with Crippen LogP contribution >= 0.6 is 11.5 Å². The van der Waals surface area contributed by atoms with Crippen LogP contribution < -0.4 is 0 Å². The van der Waals surface area contributed by atoms with Gasteiger partial charge in [-0.05, 0) is 24.4 Å². The van der Waals surface area contributed by atoms with E-state index in [-0.39, 0.29) is 18.4 Å². The third kappa shape index (κ3) is 2.14. The maximum absolute atomic E-state index is 12.1. The molecule has 0 radical (unpaired) electrons. The number of aliphatic carboxylic acids is 1. The molecule has 0 saturated carbocycles. The van der Waals surface area contributed by atoms with Gasteiger partial charge in [-0.3, -0.25) is 9.59 Å². The van der Waals surface area contributed by atoms with Gasteiger partial charge in [0, 0.05) is 13.1 Å². The molecule has 0 bridgehead atoms. The lowest BCUT2D eigenvalue weighted by Crippen LogP contribution is -2.29. The summed E-state index contributed by atoms with van der Waals surface area (Å²) in [7, 11) is 0. The molecule has 1 aliphatic heterocycles. The number of carboxylic acids is 1. The van der Waals surface area contributed by atoms with E-state index in [1.54, 1.807) is 11.8 Å². The Morgan fingerprint density at radius 1 is 1.47 bits per heavy atom. The Kier molecular flexibility index (Phi) is 3.10. The molecule has 1 aromatic rings. The summed E-state index contributed by atoms with van der Waals surface area (Å²) in [5.74, 6) is -1.49. The van der Waals surface area contributed by atoms with Gasteiger partial charge in [0.25, 0.3) is 5.91 Å². The fourth-order valence-corrected chi connectivity index (χ4v) is 2.65. The lowest BCUT2D eigenvalue weighted by Gasteiger charge is -2.14. The van der Waals surface area contributed by atoms with Gasteiger partial charge >= 0.3 is 5.97 Å². The number of likely N-dealkylation sites (tertiary alicyclic amines) is 1. The summed E-state index contributed by atoms with van der Waals surface area (Å²) >= 11 is 1.06. The molecule has 0 aliphatic carbocycles. The molecular formula is C10H13N3O3S. The van der Waals surface area contributed by atoms with E-state index in [4.69, 9.17) is 5.11 Å². The van der Waals surface area contributed by atoms with Crippen LogP contribution in [0.3, 0.4) is 0 Å². The molecule has 17 heavy (non-hydrogen) atoms. The minimum Gasteiger partial charge on any atom is -0.481 e. The lowest BCUT2D eigenvalue weighted by molar-refractivity contribution is -0.142. The first-order valence-electron chi connectivity index (χ1n) is 5.31. The molecule has 92 valence electrons. The molecule has 0 aromatic carbocycles. The van der Waals surface area contributed by atoms with Crippen molar-refractivity contribution in [3.63, 3.8) is 0 Å². The Bertz CT molecular complexity index is 459. The van der Waals surface area contributed by atoms with E-state index in [9.17, 15) is 9.59 Å². The second-order valence-electron chi connectivity index (χ2n) is 4.32. The smallest absolute Gasteiger partial charge is 0.308 e. The van der Waals surface area contributed by atoms with Gasteiger partial charge in [0.2, 0.25) is 0 Å². The molecule has 6 nitrogen and oxygen atoms in total. The number of carbonyl (C=O) groups excluding carboxylic acids is 1. The summed E-state index contributed by atoms with van der Waals surface area (Å²) < 4.78 is 3.72. The minimum atomic E-state index is -0.841. The normalized spacial score (nSPS) is 24.0. The maximum atomic E-state index is 12.1. The molecule has 1 saturated heterocycles. The molecule has 2 unspecified atom stereocenters. The molecule has 1 aromatic heterocycles. The van der Waals surface area contributed by atoms with Gasteiger partial charge in [0.05, 0.1) is 11.6 Å². The molecule has 2 atom stereocenters. The van der Waals surface area contributed by atoms with Crippen LogP contribution in [0.2, 0.25) is 0 Å². The number of carboxylic acid groups (broad SMARTS) is 1. The van der Waals surface area contributed by atoms with E-state index >= 15 is 0 Å². The van der Waals surface area contributed by atoms with Gasteiger partial charge in [-0.25, -0.2) is 0 Å². The van der Waals surface area contributed by atoms with Gasteiger partial charge in [0.1, 0.15) is 4.88 Å². The number of aromatic nitrogens is 2. The van der Waals surface area contributed by atoms with Crippen molar-refractivity contribution >= 4 is 23.4 Å². The standard InChI is InChI=1S/C10H13N3O3S/c1-5-3-13(4-7(5)10(15)16)9(14)8-6(2)11-12-17-8/h5,7H,3-4H2,1-2H3,(H,15,16). The van der Waals surface area contributed by atoms with Crippen molar-refractivity contribution in [1.29, 1.82) is 0 Å². The zero-order valence-electron chi connectivity index (χ0n) is 9.58. The molecule has 1 N–H and O–H groups in total. The van der Waals surface area contributed by atoms with Crippen molar-refractivity contribution in [3.05, 3.63) is 10.6 Å². The molecular weight excluding hydrogens is 242 g/mol. The topological polar surface area (TPSA) is 83.4 Å². The Hall–Kier alpha value is -1.50. The van der Waals surface area contributed by atoms with Crippen molar-refractivity contribution in [3.8, 4) is 0 Å². The highest BCUT2D eigenvalue weighted by Crippen LogP contribution is 2.25. The first kappa shape index (κ1) is 12.0. The Balaban J connectivity index is 2.13. The van der Waals surface area contributed by atoms with E-state index in [0.29, 0.717) is 17.1 Å². The molecule has 2 rings (SSSR count). The van der Waals surface area contributed by atoms with Crippen LogP contribution in [-0.4, -0.2) is 44.6 Å². The third-order valence-electron chi connectivity index (χ3n) is 3.06. The van der Waals surface area contributed by atoms with E-state index in [1.807, 2.05) is 6.92 Å². The molecule has 7 heteroatoms. The van der Waals surface area contributed by atoms with Crippen molar-refractivity contribution in [2.24, 2.45) is 11.8 Å².